The van der Waals surface area contributed by atoms with Gasteiger partial charge in [0.05, 0.1) is 27.8 Å². The van der Waals surface area contributed by atoms with Crippen LogP contribution in [0.2, 0.25) is 0 Å². The Morgan fingerprint density at radius 2 is 0.737 bits per heavy atom. The number of benzene rings is 5. The monoisotopic (exact) mass is 790 g/mol. The van der Waals surface area contributed by atoms with Gasteiger partial charge in [-0.15, -0.1) is 0 Å². The minimum absolute atomic E-state index is 0.274. The van der Waals surface area contributed by atoms with Crippen molar-refractivity contribution in [1.29, 1.82) is 0 Å². The van der Waals surface area contributed by atoms with Gasteiger partial charge in [0.25, 0.3) is 0 Å². The summed E-state index contributed by atoms with van der Waals surface area (Å²) in [6.07, 6.45) is -10.3. The fourth-order valence-corrected chi connectivity index (χ4v) is 5.58. The Hall–Kier alpha value is -6.94. The number of carbonyl (C=O) groups excluding carboxylic acids is 5. The first-order valence-corrected chi connectivity index (χ1v) is 16.8. The van der Waals surface area contributed by atoms with Gasteiger partial charge in [-0.05, 0) is 91.0 Å². The van der Waals surface area contributed by atoms with Gasteiger partial charge in [-0.2, -0.15) is 0 Å². The van der Waals surface area contributed by atoms with Crippen LogP contribution in [-0.4, -0.2) is 67.2 Å². The van der Waals surface area contributed by atoms with E-state index in [-0.39, 0.29) is 16.7 Å². The van der Waals surface area contributed by atoms with Crippen molar-refractivity contribution in [3.05, 3.63) is 178 Å². The summed E-state index contributed by atoms with van der Waals surface area (Å²) in [7, 11) is 0. The molecule has 0 spiro atoms. The van der Waals surface area contributed by atoms with E-state index in [2.05, 4.69) is 0 Å². The summed E-state index contributed by atoms with van der Waals surface area (Å²) in [5.41, 5.74) is -1.84. The highest BCUT2D eigenvalue weighted by Crippen LogP contribution is 2.32. The Morgan fingerprint density at radius 1 is 0.421 bits per heavy atom. The number of hydrogen-bond donors (Lipinski definition) is 0. The summed E-state index contributed by atoms with van der Waals surface area (Å²) in [6, 6.07) is 20.9. The molecule has 0 aromatic heterocycles. The molecule has 0 amide bonds. The van der Waals surface area contributed by atoms with Gasteiger partial charge >= 0.3 is 29.8 Å². The van der Waals surface area contributed by atoms with E-state index in [9.17, 15) is 45.9 Å². The number of esters is 5. The first-order chi connectivity index (χ1) is 27.3. The number of carbonyl (C=O) groups is 5. The minimum Gasteiger partial charge on any atom is -0.459 e. The zero-order valence-electron chi connectivity index (χ0n) is 29.0. The van der Waals surface area contributed by atoms with Crippen molar-refractivity contribution in [3.8, 4) is 0 Å². The quantitative estimate of drug-likeness (QED) is 0.0793. The van der Waals surface area contributed by atoms with E-state index in [1.165, 1.54) is 30.3 Å². The topological polar surface area (TPSA) is 141 Å². The fraction of sp³-hybridized carbons (Fsp3) is 0.146. The van der Waals surface area contributed by atoms with Crippen LogP contribution in [0.1, 0.15) is 51.8 Å². The molecule has 0 N–H and O–H groups in total. The van der Waals surface area contributed by atoms with E-state index in [4.69, 9.17) is 28.4 Å². The van der Waals surface area contributed by atoms with Crippen LogP contribution in [0.5, 0.6) is 0 Å². The molecule has 0 saturated carbocycles. The molecule has 1 aliphatic heterocycles. The summed E-state index contributed by atoms with van der Waals surface area (Å²) in [6.45, 7) is -0.928. The van der Waals surface area contributed by atoms with E-state index in [0.717, 1.165) is 91.0 Å². The lowest BCUT2D eigenvalue weighted by Gasteiger charge is -2.43. The highest BCUT2D eigenvalue weighted by molar-refractivity contribution is 5.92. The summed E-state index contributed by atoms with van der Waals surface area (Å²) in [5, 5.41) is 0. The summed E-state index contributed by atoms with van der Waals surface area (Å²) in [5.74, 6) is -10.6. The first-order valence-electron chi connectivity index (χ1n) is 16.8. The molecule has 5 aromatic rings. The lowest BCUT2D eigenvalue weighted by molar-refractivity contribution is -0.282. The number of halogens is 5. The third kappa shape index (κ3) is 10.0. The summed E-state index contributed by atoms with van der Waals surface area (Å²) >= 11 is 0. The molecule has 1 aliphatic rings. The van der Waals surface area contributed by atoms with Gasteiger partial charge in [-0.3, -0.25) is 0 Å². The standard InChI is InChI=1S/C41H27F5O11/c42-27-11-1-6-22(16-27)36(47)52-21-32-33(54-37(48)23-7-2-12-28(43)17-23)34(55-38(49)24-8-3-13-29(44)18-24)35(56-39(50)25-9-4-14-30(45)19-25)41(53-32)57-40(51)26-10-5-15-31(46)20-26/h1-20,32-35,41H,21H2. The third-order valence-corrected chi connectivity index (χ3v) is 8.22. The van der Waals surface area contributed by atoms with Crippen LogP contribution in [0, 0.1) is 29.1 Å². The van der Waals surface area contributed by atoms with Gasteiger partial charge in [0, 0.05) is 0 Å². The van der Waals surface area contributed by atoms with Crippen molar-refractivity contribution >= 4 is 29.8 Å². The summed E-state index contributed by atoms with van der Waals surface area (Å²) in [4.78, 5) is 67.2. The molecule has 1 saturated heterocycles. The maximum atomic E-state index is 14.3. The molecule has 5 unspecified atom stereocenters. The molecular formula is C41H27F5O11. The minimum atomic E-state index is -2.18. The van der Waals surface area contributed by atoms with Gasteiger partial charge in [-0.1, -0.05) is 30.3 Å². The normalized spacial score (nSPS) is 18.8. The zero-order chi connectivity index (χ0) is 40.6. The lowest BCUT2D eigenvalue weighted by Crippen LogP contribution is -2.63. The molecule has 0 aliphatic carbocycles. The van der Waals surface area contributed by atoms with Gasteiger partial charge < -0.3 is 28.4 Å². The molecule has 292 valence electrons. The molecule has 16 heteroatoms. The third-order valence-electron chi connectivity index (χ3n) is 8.22. The van der Waals surface area contributed by atoms with Gasteiger partial charge in [-0.25, -0.2) is 45.9 Å². The largest absolute Gasteiger partial charge is 0.459 e. The number of rotatable bonds is 11. The molecule has 6 rings (SSSR count). The van der Waals surface area contributed by atoms with Gasteiger partial charge in [0.2, 0.25) is 12.4 Å². The smallest absolute Gasteiger partial charge is 0.340 e. The van der Waals surface area contributed by atoms with Crippen LogP contribution in [-0.2, 0) is 28.4 Å². The van der Waals surface area contributed by atoms with Crippen molar-refractivity contribution in [2.75, 3.05) is 6.61 Å². The Kier molecular flexibility index (Phi) is 12.3. The first kappa shape index (κ1) is 39.7. The van der Waals surface area contributed by atoms with E-state index >= 15 is 0 Å². The molecule has 5 aromatic carbocycles. The molecule has 1 fully saturated rings. The van der Waals surface area contributed by atoms with E-state index in [0.29, 0.717) is 0 Å². The van der Waals surface area contributed by atoms with E-state index in [1.807, 2.05) is 0 Å². The molecule has 0 bridgehead atoms. The molecule has 1 heterocycles. The second kappa shape index (κ2) is 17.7. The van der Waals surface area contributed by atoms with Crippen LogP contribution in [0.4, 0.5) is 22.0 Å². The van der Waals surface area contributed by atoms with Crippen molar-refractivity contribution in [1.82, 2.24) is 0 Å². The number of ether oxygens (including phenoxy) is 6. The highest BCUT2D eigenvalue weighted by Gasteiger charge is 2.55. The van der Waals surface area contributed by atoms with Crippen molar-refractivity contribution < 1.29 is 74.3 Å². The van der Waals surface area contributed by atoms with Gasteiger partial charge in [0.1, 0.15) is 41.8 Å². The fourth-order valence-electron chi connectivity index (χ4n) is 5.58. The maximum Gasteiger partial charge on any atom is 0.340 e. The number of hydrogen-bond acceptors (Lipinski definition) is 11. The molecule has 5 atom stereocenters. The van der Waals surface area contributed by atoms with Crippen LogP contribution >= 0.6 is 0 Å². The average molecular weight is 791 g/mol. The predicted octanol–water partition coefficient (Wildman–Crippen LogP) is 6.80. The van der Waals surface area contributed by atoms with Crippen molar-refractivity contribution in [3.63, 3.8) is 0 Å². The second-order valence-corrected chi connectivity index (χ2v) is 12.2. The van der Waals surface area contributed by atoms with Crippen LogP contribution < -0.4 is 0 Å². The Balaban J connectivity index is 1.45. The molecule has 57 heavy (non-hydrogen) atoms. The van der Waals surface area contributed by atoms with E-state index in [1.54, 1.807) is 0 Å². The van der Waals surface area contributed by atoms with Crippen LogP contribution in [0.25, 0.3) is 0 Å². The Labute approximate surface area is 319 Å². The second-order valence-electron chi connectivity index (χ2n) is 12.2. The van der Waals surface area contributed by atoms with Gasteiger partial charge in [0.15, 0.2) is 12.2 Å². The SMILES string of the molecule is O=C(OCC1OC(OC(=O)c2cccc(F)c2)C(OC(=O)c2cccc(F)c2)C(OC(=O)c2cccc(F)c2)C1OC(=O)c1cccc(F)c1)c1cccc(F)c1. The van der Waals surface area contributed by atoms with Crippen molar-refractivity contribution in [2.45, 2.75) is 30.7 Å². The van der Waals surface area contributed by atoms with E-state index < -0.39 is 107 Å². The lowest BCUT2D eigenvalue weighted by atomic mass is 9.97. The maximum absolute atomic E-state index is 14.3. The van der Waals surface area contributed by atoms with Crippen LogP contribution in [0.3, 0.4) is 0 Å². The summed E-state index contributed by atoms with van der Waals surface area (Å²) < 4.78 is 105. The zero-order valence-corrected chi connectivity index (χ0v) is 29.0. The molecular weight excluding hydrogens is 763 g/mol. The average Bonchev–Trinajstić information content (AvgIpc) is 3.19. The highest BCUT2D eigenvalue weighted by atomic mass is 19.1. The Bertz CT molecular complexity index is 2320. The van der Waals surface area contributed by atoms with Crippen molar-refractivity contribution in [2.24, 2.45) is 0 Å². The predicted molar refractivity (Wildman–Crippen MR) is 184 cm³/mol. The van der Waals surface area contributed by atoms with Crippen LogP contribution in [0.15, 0.2) is 121 Å². The molecule has 11 nitrogen and oxygen atoms in total. The molecule has 0 radical (unpaired) electrons. The Morgan fingerprint density at radius 3 is 1.11 bits per heavy atom.